The molecule has 3 amide bonds. The van der Waals surface area contributed by atoms with Crippen LogP contribution in [0.2, 0.25) is 0 Å². The van der Waals surface area contributed by atoms with Crippen molar-refractivity contribution in [1.82, 2.24) is 15.5 Å². The zero-order valence-electron chi connectivity index (χ0n) is 12.3. The smallest absolute Gasteiger partial charge is 0.321 e. The predicted octanol–water partition coefficient (Wildman–Crippen LogP) is 0.827. The lowest BCUT2D eigenvalue weighted by molar-refractivity contribution is -0.139. The van der Waals surface area contributed by atoms with Crippen molar-refractivity contribution in [2.24, 2.45) is 0 Å². The van der Waals surface area contributed by atoms with Crippen LogP contribution in [0.3, 0.4) is 0 Å². The lowest BCUT2D eigenvalue weighted by Gasteiger charge is -2.25. The molecule has 0 aliphatic carbocycles. The van der Waals surface area contributed by atoms with E-state index in [-0.39, 0.29) is 25.0 Å². The van der Waals surface area contributed by atoms with Gasteiger partial charge in [-0.1, -0.05) is 6.92 Å². The molecule has 0 aromatic heterocycles. The molecule has 0 heterocycles. The van der Waals surface area contributed by atoms with Crippen LogP contribution in [0, 0.1) is 0 Å². The van der Waals surface area contributed by atoms with Gasteiger partial charge < -0.3 is 10.4 Å². The summed E-state index contributed by atoms with van der Waals surface area (Å²) in [4.78, 5) is 35.5. The van der Waals surface area contributed by atoms with Gasteiger partial charge in [-0.25, -0.2) is 4.79 Å². The minimum atomic E-state index is -1.00. The van der Waals surface area contributed by atoms with Crippen molar-refractivity contribution in [3.05, 3.63) is 0 Å². The SMILES string of the molecule is CCCN(CC(=O)O)C(C)C(=O)NC(=O)NC(C)C.Cl. The highest BCUT2D eigenvalue weighted by molar-refractivity contribution is 5.97. The topological polar surface area (TPSA) is 98.7 Å². The number of carbonyl (C=O) groups is 3. The molecule has 0 radical (unpaired) electrons. The Balaban J connectivity index is 0. The normalized spacial score (nSPS) is 11.7. The number of hydrogen-bond donors (Lipinski definition) is 3. The van der Waals surface area contributed by atoms with Crippen LogP contribution in [-0.4, -0.2) is 53.1 Å². The van der Waals surface area contributed by atoms with Crippen LogP contribution in [0.5, 0.6) is 0 Å². The third-order valence-electron chi connectivity index (χ3n) is 2.43. The number of nitrogens with one attached hydrogen (secondary N) is 2. The molecule has 0 saturated carbocycles. The molecule has 0 aromatic carbocycles. The highest BCUT2D eigenvalue weighted by atomic mass is 35.5. The summed E-state index contributed by atoms with van der Waals surface area (Å²) in [7, 11) is 0. The molecule has 0 aliphatic heterocycles. The van der Waals surface area contributed by atoms with Gasteiger partial charge in [-0.2, -0.15) is 0 Å². The summed E-state index contributed by atoms with van der Waals surface area (Å²) in [6, 6.07) is -1.32. The van der Waals surface area contributed by atoms with Crippen LogP contribution in [-0.2, 0) is 9.59 Å². The van der Waals surface area contributed by atoms with Crippen molar-refractivity contribution in [2.75, 3.05) is 13.1 Å². The average molecular weight is 310 g/mol. The van der Waals surface area contributed by atoms with Gasteiger partial charge >= 0.3 is 12.0 Å². The van der Waals surface area contributed by atoms with Gasteiger partial charge in [0.2, 0.25) is 5.91 Å². The third-order valence-corrected chi connectivity index (χ3v) is 2.43. The number of nitrogens with zero attached hydrogens (tertiary/aromatic N) is 1. The van der Waals surface area contributed by atoms with E-state index in [0.717, 1.165) is 6.42 Å². The van der Waals surface area contributed by atoms with E-state index >= 15 is 0 Å². The fraction of sp³-hybridized carbons (Fsp3) is 0.750. The lowest BCUT2D eigenvalue weighted by atomic mass is 10.2. The maximum absolute atomic E-state index is 11.8. The quantitative estimate of drug-likeness (QED) is 0.647. The number of halogens is 1. The van der Waals surface area contributed by atoms with E-state index in [2.05, 4.69) is 10.6 Å². The molecule has 0 aliphatic rings. The van der Waals surface area contributed by atoms with Gasteiger partial charge in [0.05, 0.1) is 12.6 Å². The highest BCUT2D eigenvalue weighted by Gasteiger charge is 2.24. The number of rotatable bonds is 7. The summed E-state index contributed by atoms with van der Waals surface area (Å²) in [6.07, 6.45) is 0.725. The van der Waals surface area contributed by atoms with Crippen LogP contribution >= 0.6 is 12.4 Å². The molecule has 8 heteroatoms. The Morgan fingerprint density at radius 2 is 1.75 bits per heavy atom. The molecule has 0 fully saturated rings. The third kappa shape index (κ3) is 8.71. The maximum atomic E-state index is 11.8. The molecule has 0 saturated heterocycles. The molecule has 118 valence electrons. The molecule has 0 spiro atoms. The number of imide groups is 1. The number of urea groups is 1. The van der Waals surface area contributed by atoms with E-state index in [0.29, 0.717) is 6.54 Å². The first-order chi connectivity index (χ1) is 8.77. The van der Waals surface area contributed by atoms with Crippen LogP contribution in [0.1, 0.15) is 34.1 Å². The summed E-state index contributed by atoms with van der Waals surface area (Å²) in [6.45, 7) is 7.28. The van der Waals surface area contributed by atoms with E-state index in [1.54, 1.807) is 20.8 Å². The van der Waals surface area contributed by atoms with Crippen molar-refractivity contribution in [2.45, 2.75) is 46.2 Å². The van der Waals surface area contributed by atoms with Gasteiger partial charge in [0.15, 0.2) is 0 Å². The zero-order chi connectivity index (χ0) is 15.0. The van der Waals surface area contributed by atoms with Gasteiger partial charge in [-0.15, -0.1) is 12.4 Å². The Labute approximate surface area is 125 Å². The van der Waals surface area contributed by atoms with E-state index in [4.69, 9.17) is 5.11 Å². The average Bonchev–Trinajstić information content (AvgIpc) is 2.25. The van der Waals surface area contributed by atoms with Gasteiger partial charge in [-0.3, -0.25) is 19.8 Å². The summed E-state index contributed by atoms with van der Waals surface area (Å²) >= 11 is 0. The molecule has 7 nitrogen and oxygen atoms in total. The molecule has 3 N–H and O–H groups in total. The Kier molecular flexibility index (Phi) is 11.0. The van der Waals surface area contributed by atoms with Crippen molar-refractivity contribution >= 4 is 30.3 Å². The lowest BCUT2D eigenvalue weighted by Crippen LogP contribution is -2.51. The van der Waals surface area contributed by atoms with Crippen LogP contribution in [0.4, 0.5) is 4.79 Å². The molecule has 0 rings (SSSR count). The first kappa shape index (κ1) is 21.0. The number of hydrogen-bond acceptors (Lipinski definition) is 4. The van der Waals surface area contributed by atoms with Crippen LogP contribution < -0.4 is 10.6 Å². The van der Waals surface area contributed by atoms with Crippen molar-refractivity contribution in [3.63, 3.8) is 0 Å². The zero-order valence-corrected chi connectivity index (χ0v) is 13.1. The first-order valence-corrected chi connectivity index (χ1v) is 6.35. The second kappa shape index (κ2) is 10.4. The largest absolute Gasteiger partial charge is 0.480 e. The predicted molar refractivity (Wildman–Crippen MR) is 78.0 cm³/mol. The number of carboxylic acid groups (broad SMARTS) is 1. The number of amides is 3. The van der Waals surface area contributed by atoms with Crippen molar-refractivity contribution in [1.29, 1.82) is 0 Å². The monoisotopic (exact) mass is 309 g/mol. The molecule has 0 aromatic rings. The second-order valence-electron chi connectivity index (χ2n) is 4.66. The maximum Gasteiger partial charge on any atom is 0.321 e. The van der Waals surface area contributed by atoms with Crippen molar-refractivity contribution in [3.8, 4) is 0 Å². The van der Waals surface area contributed by atoms with Gasteiger partial charge in [-0.05, 0) is 33.7 Å². The molecule has 0 bridgehead atoms. The molecular weight excluding hydrogens is 286 g/mol. The Morgan fingerprint density at radius 1 is 1.20 bits per heavy atom. The van der Waals surface area contributed by atoms with E-state index in [1.165, 1.54) is 4.90 Å². The number of carboxylic acids is 1. The Bertz CT molecular complexity index is 337. The molecule has 20 heavy (non-hydrogen) atoms. The van der Waals surface area contributed by atoms with E-state index < -0.39 is 23.9 Å². The molecule has 1 atom stereocenters. The first-order valence-electron chi connectivity index (χ1n) is 6.35. The van der Waals surface area contributed by atoms with Crippen LogP contribution in [0.25, 0.3) is 0 Å². The summed E-state index contributed by atoms with van der Waals surface area (Å²) in [5, 5.41) is 13.5. The minimum absolute atomic E-state index is 0. The summed E-state index contributed by atoms with van der Waals surface area (Å²) < 4.78 is 0. The summed E-state index contributed by atoms with van der Waals surface area (Å²) in [5.74, 6) is -1.51. The second-order valence-corrected chi connectivity index (χ2v) is 4.66. The molecular formula is C12H24ClN3O4. The fourth-order valence-electron chi connectivity index (χ4n) is 1.55. The van der Waals surface area contributed by atoms with E-state index in [9.17, 15) is 14.4 Å². The van der Waals surface area contributed by atoms with Crippen LogP contribution in [0.15, 0.2) is 0 Å². The van der Waals surface area contributed by atoms with Gasteiger partial charge in [0.25, 0.3) is 0 Å². The fourth-order valence-corrected chi connectivity index (χ4v) is 1.55. The van der Waals surface area contributed by atoms with Crippen molar-refractivity contribution < 1.29 is 19.5 Å². The van der Waals surface area contributed by atoms with E-state index in [1.807, 2.05) is 6.92 Å². The Morgan fingerprint density at radius 3 is 2.15 bits per heavy atom. The summed E-state index contributed by atoms with van der Waals surface area (Å²) in [5.41, 5.74) is 0. The number of carbonyl (C=O) groups excluding carboxylic acids is 2. The Hall–Kier alpha value is -1.34. The molecule has 1 unspecified atom stereocenters. The highest BCUT2D eigenvalue weighted by Crippen LogP contribution is 2.01. The van der Waals surface area contributed by atoms with Gasteiger partial charge in [0, 0.05) is 6.04 Å². The number of aliphatic carboxylic acids is 1. The minimum Gasteiger partial charge on any atom is -0.480 e. The van der Waals surface area contributed by atoms with Gasteiger partial charge in [0.1, 0.15) is 0 Å². The standard InChI is InChI=1S/C12H23N3O4.ClH/c1-5-6-15(7-10(16)17)9(4)11(18)14-12(19)13-8(2)3;/h8-9H,5-7H2,1-4H3,(H,16,17)(H2,13,14,18,19);1H.